The number of sulfonamides is 1. The molecular weight excluding hydrogens is 421 g/mol. The molecule has 1 amide bonds. The molecule has 1 N–H and O–H groups in total. The van der Waals surface area contributed by atoms with Gasteiger partial charge < -0.3 is 10.1 Å². The zero-order chi connectivity index (χ0) is 20.7. The van der Waals surface area contributed by atoms with Gasteiger partial charge in [0.2, 0.25) is 10.0 Å². The molecule has 0 saturated heterocycles. The lowest BCUT2D eigenvalue weighted by Crippen LogP contribution is -2.48. The highest BCUT2D eigenvalue weighted by atomic mass is 35.5. The van der Waals surface area contributed by atoms with E-state index in [9.17, 15) is 26.4 Å². The number of alkyl halides is 3. The minimum Gasteiger partial charge on any atom is -0.476 e. The van der Waals surface area contributed by atoms with Gasteiger partial charge in [-0.2, -0.15) is 13.2 Å². The highest BCUT2D eigenvalue weighted by Crippen LogP contribution is 2.36. The first-order chi connectivity index (χ1) is 13.0. The van der Waals surface area contributed by atoms with Crippen molar-refractivity contribution >= 4 is 38.9 Å². The molecule has 1 heterocycles. The number of benzene rings is 2. The van der Waals surface area contributed by atoms with Crippen LogP contribution in [0.15, 0.2) is 42.5 Å². The van der Waals surface area contributed by atoms with Crippen molar-refractivity contribution in [1.29, 1.82) is 0 Å². The van der Waals surface area contributed by atoms with Crippen LogP contribution in [0.25, 0.3) is 0 Å². The van der Waals surface area contributed by atoms with E-state index in [1.165, 1.54) is 12.1 Å². The van der Waals surface area contributed by atoms with E-state index in [-0.39, 0.29) is 28.7 Å². The van der Waals surface area contributed by atoms with Crippen LogP contribution in [0.4, 0.5) is 24.5 Å². The van der Waals surface area contributed by atoms with Gasteiger partial charge in [0.1, 0.15) is 5.75 Å². The van der Waals surface area contributed by atoms with Crippen LogP contribution in [0.3, 0.4) is 0 Å². The van der Waals surface area contributed by atoms with E-state index in [0.29, 0.717) is 6.07 Å². The molecule has 0 radical (unpaired) electrons. The second-order valence-electron chi connectivity index (χ2n) is 6.05. The largest absolute Gasteiger partial charge is 0.476 e. The Morgan fingerprint density at radius 2 is 1.93 bits per heavy atom. The van der Waals surface area contributed by atoms with Crippen molar-refractivity contribution in [2.24, 2.45) is 0 Å². The lowest BCUT2D eigenvalue weighted by molar-refractivity contribution is -0.137. The van der Waals surface area contributed by atoms with Gasteiger partial charge in [-0.3, -0.25) is 9.10 Å². The van der Waals surface area contributed by atoms with Crippen molar-refractivity contribution in [2.45, 2.75) is 12.3 Å². The summed E-state index contributed by atoms with van der Waals surface area (Å²) in [5.74, 6) is -0.668. The Morgan fingerprint density at radius 1 is 1.25 bits per heavy atom. The number of ether oxygens (including phenoxy) is 1. The summed E-state index contributed by atoms with van der Waals surface area (Å²) >= 11 is 5.88. The molecule has 0 bridgehead atoms. The number of hydrogen-bond acceptors (Lipinski definition) is 4. The first-order valence-corrected chi connectivity index (χ1v) is 10.1. The summed E-state index contributed by atoms with van der Waals surface area (Å²) in [4.78, 5) is 12.6. The molecule has 0 unspecified atom stereocenters. The van der Waals surface area contributed by atoms with Gasteiger partial charge in [0.05, 0.1) is 34.8 Å². The summed E-state index contributed by atoms with van der Waals surface area (Å²) in [7, 11) is -3.71. The Bertz CT molecular complexity index is 1030. The molecule has 2 aromatic carbocycles. The summed E-state index contributed by atoms with van der Waals surface area (Å²) < 4.78 is 69.4. The fourth-order valence-electron chi connectivity index (χ4n) is 2.66. The summed E-state index contributed by atoms with van der Waals surface area (Å²) in [6, 6.07) is 8.73. The highest BCUT2D eigenvalue weighted by molar-refractivity contribution is 7.92. The number of halogens is 4. The molecular formula is C17H14ClF3N2O4S. The van der Waals surface area contributed by atoms with Crippen molar-refractivity contribution in [3.63, 3.8) is 0 Å². The maximum absolute atomic E-state index is 12.9. The summed E-state index contributed by atoms with van der Waals surface area (Å²) in [6.45, 7) is -0.335. The van der Waals surface area contributed by atoms with Crippen molar-refractivity contribution in [3.05, 3.63) is 53.1 Å². The van der Waals surface area contributed by atoms with Gasteiger partial charge in [-0.1, -0.05) is 23.7 Å². The molecule has 1 atom stereocenters. The number of carbonyl (C=O) groups is 1. The third kappa shape index (κ3) is 4.17. The van der Waals surface area contributed by atoms with E-state index in [1.807, 2.05) is 0 Å². The monoisotopic (exact) mass is 434 g/mol. The second-order valence-corrected chi connectivity index (χ2v) is 8.36. The molecule has 0 fully saturated rings. The molecule has 1 aliphatic rings. The van der Waals surface area contributed by atoms with Crippen LogP contribution in [0.1, 0.15) is 5.56 Å². The molecule has 150 valence electrons. The number of rotatable bonds is 3. The third-order valence-electron chi connectivity index (χ3n) is 3.98. The minimum absolute atomic E-state index is 0.0995. The summed E-state index contributed by atoms with van der Waals surface area (Å²) in [5.41, 5.74) is -0.971. The van der Waals surface area contributed by atoms with E-state index in [0.717, 1.165) is 22.7 Å². The molecule has 11 heteroatoms. The van der Waals surface area contributed by atoms with Crippen LogP contribution < -0.4 is 14.4 Å². The van der Waals surface area contributed by atoms with E-state index in [1.54, 1.807) is 12.1 Å². The smallest absolute Gasteiger partial charge is 0.416 e. The van der Waals surface area contributed by atoms with Crippen LogP contribution >= 0.6 is 11.6 Å². The van der Waals surface area contributed by atoms with Gasteiger partial charge in [0.25, 0.3) is 5.91 Å². The predicted octanol–water partition coefficient (Wildman–Crippen LogP) is 3.52. The van der Waals surface area contributed by atoms with Crippen LogP contribution in [0.2, 0.25) is 5.02 Å². The van der Waals surface area contributed by atoms with E-state index < -0.39 is 33.8 Å². The van der Waals surface area contributed by atoms with Crippen molar-refractivity contribution < 1.29 is 31.1 Å². The zero-order valence-electron chi connectivity index (χ0n) is 14.3. The fourth-order valence-corrected chi connectivity index (χ4v) is 3.74. The van der Waals surface area contributed by atoms with E-state index >= 15 is 0 Å². The average Bonchev–Trinajstić information content (AvgIpc) is 2.60. The lowest BCUT2D eigenvalue weighted by Gasteiger charge is -2.33. The quantitative estimate of drug-likeness (QED) is 0.802. The topological polar surface area (TPSA) is 75.7 Å². The van der Waals surface area contributed by atoms with E-state index in [4.69, 9.17) is 16.3 Å². The van der Waals surface area contributed by atoms with Gasteiger partial charge in [-0.05, 0) is 30.3 Å². The van der Waals surface area contributed by atoms with E-state index in [2.05, 4.69) is 5.32 Å². The molecule has 2 aromatic rings. The fraction of sp³-hybridized carbons (Fsp3) is 0.235. The van der Waals surface area contributed by atoms with Crippen molar-refractivity contribution in [3.8, 4) is 5.75 Å². The molecule has 0 aliphatic carbocycles. The highest BCUT2D eigenvalue weighted by Gasteiger charge is 2.36. The molecule has 0 aromatic heterocycles. The first kappa shape index (κ1) is 20.3. The van der Waals surface area contributed by atoms with Gasteiger partial charge in [0.15, 0.2) is 6.10 Å². The number of amides is 1. The predicted molar refractivity (Wildman–Crippen MR) is 98.1 cm³/mol. The number of fused-ring (bicyclic) bond motifs is 1. The molecule has 6 nitrogen and oxygen atoms in total. The standard InChI is InChI=1S/C17H14ClF3N2O4S/c1-28(25,26)23-9-15(27-14-5-3-2-4-13(14)23)16(24)22-12-8-10(17(19,20)21)6-7-11(12)18/h2-8,15H,9H2,1H3,(H,22,24)/t15-/m0/s1. The molecule has 3 rings (SSSR count). The molecule has 0 spiro atoms. The van der Waals surface area contributed by atoms with Gasteiger partial charge >= 0.3 is 6.18 Å². The number of para-hydroxylation sites is 2. The van der Waals surface area contributed by atoms with Crippen LogP contribution in [0, 0.1) is 0 Å². The maximum atomic E-state index is 12.9. The Labute approximate surface area is 163 Å². The first-order valence-electron chi connectivity index (χ1n) is 7.88. The molecule has 1 aliphatic heterocycles. The lowest BCUT2D eigenvalue weighted by atomic mass is 10.1. The molecule has 28 heavy (non-hydrogen) atoms. The minimum atomic E-state index is -4.61. The summed E-state index contributed by atoms with van der Waals surface area (Å²) in [5, 5.41) is 2.18. The number of nitrogens with zero attached hydrogens (tertiary/aromatic N) is 1. The Balaban J connectivity index is 1.88. The average molecular weight is 435 g/mol. The number of nitrogens with one attached hydrogen (secondary N) is 1. The van der Waals surface area contributed by atoms with Crippen LogP contribution in [-0.2, 0) is 21.0 Å². The normalized spacial score (nSPS) is 16.9. The Morgan fingerprint density at radius 3 is 2.57 bits per heavy atom. The van der Waals surface area contributed by atoms with Gasteiger partial charge in [-0.25, -0.2) is 8.42 Å². The third-order valence-corrected chi connectivity index (χ3v) is 5.46. The van der Waals surface area contributed by atoms with Crippen LogP contribution in [-0.4, -0.2) is 33.2 Å². The Kier molecular flexibility index (Phi) is 5.20. The second kappa shape index (κ2) is 7.17. The summed E-state index contributed by atoms with van der Waals surface area (Å²) in [6.07, 6.45) is -4.92. The van der Waals surface area contributed by atoms with Crippen molar-refractivity contribution in [1.82, 2.24) is 0 Å². The molecule has 0 saturated carbocycles. The Hall–Kier alpha value is -2.46. The SMILES string of the molecule is CS(=O)(=O)N1C[C@@H](C(=O)Nc2cc(C(F)(F)F)ccc2Cl)Oc2ccccc21. The number of anilines is 2. The zero-order valence-corrected chi connectivity index (χ0v) is 15.9. The van der Waals surface area contributed by atoms with Gasteiger partial charge in [-0.15, -0.1) is 0 Å². The van der Waals surface area contributed by atoms with Gasteiger partial charge in [0, 0.05) is 0 Å². The maximum Gasteiger partial charge on any atom is 0.416 e. The van der Waals surface area contributed by atoms with Crippen LogP contribution in [0.5, 0.6) is 5.75 Å². The number of hydrogen-bond donors (Lipinski definition) is 1. The number of carbonyl (C=O) groups excluding carboxylic acids is 1. The van der Waals surface area contributed by atoms with Crippen molar-refractivity contribution in [2.75, 3.05) is 22.4 Å².